The van der Waals surface area contributed by atoms with Gasteiger partial charge >= 0.3 is 0 Å². The van der Waals surface area contributed by atoms with Gasteiger partial charge in [0.25, 0.3) is 5.56 Å². The molecule has 162 valence electrons. The molecule has 0 bridgehead atoms. The SMILES string of the molecule is CCCn1nc2c(=O)[nH]c(-c3cc(CN4CCCCC4)cnc3C)nc2c1CC.O. The highest BCUT2D eigenvalue weighted by Crippen LogP contribution is 2.23. The maximum absolute atomic E-state index is 12.8. The molecule has 8 heteroatoms. The summed E-state index contributed by atoms with van der Waals surface area (Å²) in [5.41, 5.74) is 4.89. The van der Waals surface area contributed by atoms with Gasteiger partial charge in [-0.3, -0.25) is 19.4 Å². The molecule has 4 rings (SSSR count). The van der Waals surface area contributed by atoms with Crippen LogP contribution in [0.15, 0.2) is 17.1 Å². The van der Waals surface area contributed by atoms with E-state index in [4.69, 9.17) is 4.98 Å². The van der Waals surface area contributed by atoms with Crippen LogP contribution in [0.1, 0.15) is 56.5 Å². The van der Waals surface area contributed by atoms with E-state index in [-0.39, 0.29) is 11.0 Å². The van der Waals surface area contributed by atoms with Crippen LogP contribution in [0.2, 0.25) is 0 Å². The first-order valence-electron chi connectivity index (χ1n) is 10.8. The maximum atomic E-state index is 12.8. The standard InChI is InChI=1S/C22H30N6O.H2O/c1-4-9-28-18(5-2)19-20(26-28)22(29)25-21(24-19)17-12-16(13-23-15(17)3)14-27-10-7-6-8-11-27;/h12-13H,4-11,14H2,1-3H3,(H,24,25,29);1H2. The Labute approximate surface area is 176 Å². The van der Waals surface area contributed by atoms with Gasteiger partial charge in [0.1, 0.15) is 11.3 Å². The van der Waals surface area contributed by atoms with E-state index in [2.05, 4.69) is 39.9 Å². The minimum Gasteiger partial charge on any atom is -0.412 e. The molecule has 3 aromatic rings. The first-order chi connectivity index (χ1) is 14.1. The van der Waals surface area contributed by atoms with Crippen LogP contribution in [0.25, 0.3) is 22.4 Å². The van der Waals surface area contributed by atoms with E-state index in [9.17, 15) is 4.79 Å². The second-order valence-electron chi connectivity index (χ2n) is 7.95. The first-order valence-corrected chi connectivity index (χ1v) is 10.8. The van der Waals surface area contributed by atoms with Crippen molar-refractivity contribution in [1.82, 2.24) is 29.6 Å². The topological polar surface area (TPSA) is 111 Å². The summed E-state index contributed by atoms with van der Waals surface area (Å²) in [4.78, 5) is 27.6. The van der Waals surface area contributed by atoms with E-state index in [1.165, 1.54) is 19.3 Å². The van der Waals surface area contributed by atoms with Gasteiger partial charge in [-0.05, 0) is 57.3 Å². The molecule has 0 atom stereocenters. The zero-order chi connectivity index (χ0) is 20.4. The summed E-state index contributed by atoms with van der Waals surface area (Å²) in [6.45, 7) is 10.1. The molecule has 0 saturated carbocycles. The highest BCUT2D eigenvalue weighted by atomic mass is 16.1. The second-order valence-corrected chi connectivity index (χ2v) is 7.95. The van der Waals surface area contributed by atoms with Crippen LogP contribution in [-0.2, 0) is 19.5 Å². The van der Waals surface area contributed by atoms with Crippen molar-refractivity contribution in [2.24, 2.45) is 0 Å². The summed E-state index contributed by atoms with van der Waals surface area (Å²) in [7, 11) is 0. The predicted octanol–water partition coefficient (Wildman–Crippen LogP) is 2.62. The molecule has 0 radical (unpaired) electrons. The lowest BCUT2D eigenvalue weighted by atomic mass is 10.1. The number of piperidine rings is 1. The fraction of sp³-hybridized carbons (Fsp3) is 0.545. The summed E-state index contributed by atoms with van der Waals surface area (Å²) in [6.07, 6.45) is 7.55. The largest absolute Gasteiger partial charge is 0.412 e. The molecule has 1 aliphatic heterocycles. The third-order valence-corrected chi connectivity index (χ3v) is 5.72. The number of aromatic amines is 1. The van der Waals surface area contributed by atoms with Crippen LogP contribution in [0.4, 0.5) is 0 Å². The lowest BCUT2D eigenvalue weighted by molar-refractivity contribution is 0.220. The monoisotopic (exact) mass is 412 g/mol. The van der Waals surface area contributed by atoms with Crippen LogP contribution in [0.5, 0.6) is 0 Å². The second kappa shape index (κ2) is 9.49. The van der Waals surface area contributed by atoms with E-state index in [0.29, 0.717) is 16.9 Å². The average molecular weight is 413 g/mol. The number of hydrogen-bond donors (Lipinski definition) is 1. The van der Waals surface area contributed by atoms with Crippen molar-refractivity contribution >= 4 is 11.0 Å². The highest BCUT2D eigenvalue weighted by molar-refractivity contribution is 5.78. The van der Waals surface area contributed by atoms with Crippen LogP contribution < -0.4 is 5.56 Å². The number of hydrogen-bond acceptors (Lipinski definition) is 5. The van der Waals surface area contributed by atoms with Gasteiger partial charge in [-0.2, -0.15) is 5.10 Å². The number of nitrogens with zero attached hydrogens (tertiary/aromatic N) is 5. The Bertz CT molecular complexity index is 1070. The van der Waals surface area contributed by atoms with Crippen LogP contribution >= 0.6 is 0 Å². The van der Waals surface area contributed by atoms with Gasteiger partial charge in [0.05, 0.1) is 5.69 Å². The van der Waals surface area contributed by atoms with E-state index in [0.717, 1.165) is 61.5 Å². The number of H-pyrrole nitrogens is 1. The van der Waals surface area contributed by atoms with Crippen molar-refractivity contribution in [2.45, 2.75) is 66.0 Å². The Morgan fingerprint density at radius 2 is 1.90 bits per heavy atom. The molecular weight excluding hydrogens is 380 g/mol. The first kappa shape index (κ1) is 22.1. The zero-order valence-corrected chi connectivity index (χ0v) is 18.2. The number of rotatable bonds is 6. The Kier molecular flexibility index (Phi) is 6.99. The molecule has 0 aromatic carbocycles. The molecule has 0 unspecified atom stereocenters. The van der Waals surface area contributed by atoms with Crippen molar-refractivity contribution in [2.75, 3.05) is 13.1 Å². The molecule has 3 N–H and O–H groups in total. The fourth-order valence-electron chi connectivity index (χ4n) is 4.22. The number of pyridine rings is 1. The number of nitrogens with one attached hydrogen (secondary N) is 1. The molecule has 1 aliphatic rings. The van der Waals surface area contributed by atoms with E-state index < -0.39 is 0 Å². The van der Waals surface area contributed by atoms with Gasteiger partial charge in [-0.25, -0.2) is 4.98 Å². The molecule has 0 aliphatic carbocycles. The number of likely N-dealkylation sites (tertiary alicyclic amines) is 1. The van der Waals surface area contributed by atoms with Crippen LogP contribution in [0, 0.1) is 6.92 Å². The number of aryl methyl sites for hydroxylation is 3. The van der Waals surface area contributed by atoms with Gasteiger partial charge in [-0.15, -0.1) is 0 Å². The third kappa shape index (κ3) is 4.29. The van der Waals surface area contributed by atoms with Crippen LogP contribution in [0.3, 0.4) is 0 Å². The van der Waals surface area contributed by atoms with Crippen molar-refractivity contribution in [3.63, 3.8) is 0 Å². The molecular formula is C22H32N6O2. The van der Waals surface area contributed by atoms with Gasteiger partial charge in [-0.1, -0.05) is 20.3 Å². The van der Waals surface area contributed by atoms with Crippen LogP contribution in [-0.4, -0.2) is 48.2 Å². The van der Waals surface area contributed by atoms with Gasteiger partial charge in [0.2, 0.25) is 0 Å². The average Bonchev–Trinajstić information content (AvgIpc) is 3.08. The van der Waals surface area contributed by atoms with E-state index >= 15 is 0 Å². The van der Waals surface area contributed by atoms with Crippen molar-refractivity contribution in [3.05, 3.63) is 39.6 Å². The summed E-state index contributed by atoms with van der Waals surface area (Å²) in [5, 5.41) is 4.51. The molecule has 1 fully saturated rings. The molecule has 1 saturated heterocycles. The summed E-state index contributed by atoms with van der Waals surface area (Å²) < 4.78 is 1.93. The van der Waals surface area contributed by atoms with E-state index in [1.54, 1.807) is 0 Å². The Hall–Kier alpha value is -2.58. The zero-order valence-electron chi connectivity index (χ0n) is 18.2. The molecule has 3 aromatic heterocycles. The summed E-state index contributed by atoms with van der Waals surface area (Å²) >= 11 is 0. The van der Waals surface area contributed by atoms with Crippen molar-refractivity contribution in [3.8, 4) is 11.4 Å². The normalized spacial score (nSPS) is 14.8. The maximum Gasteiger partial charge on any atom is 0.279 e. The third-order valence-electron chi connectivity index (χ3n) is 5.72. The van der Waals surface area contributed by atoms with Crippen molar-refractivity contribution in [1.29, 1.82) is 0 Å². The Morgan fingerprint density at radius 3 is 2.60 bits per heavy atom. The quantitative estimate of drug-likeness (QED) is 0.669. The Balaban J connectivity index is 0.00000256. The molecule has 4 heterocycles. The minimum absolute atomic E-state index is 0. The van der Waals surface area contributed by atoms with Crippen molar-refractivity contribution < 1.29 is 5.48 Å². The fourth-order valence-corrected chi connectivity index (χ4v) is 4.22. The van der Waals surface area contributed by atoms with Gasteiger partial charge in [0.15, 0.2) is 5.52 Å². The molecule has 0 amide bonds. The Morgan fingerprint density at radius 1 is 1.13 bits per heavy atom. The van der Waals surface area contributed by atoms with Gasteiger partial charge < -0.3 is 10.5 Å². The minimum atomic E-state index is -0.185. The molecule has 0 spiro atoms. The number of fused-ring (bicyclic) bond motifs is 1. The lowest BCUT2D eigenvalue weighted by Crippen LogP contribution is -2.29. The number of aromatic nitrogens is 5. The molecule has 30 heavy (non-hydrogen) atoms. The predicted molar refractivity (Wildman–Crippen MR) is 119 cm³/mol. The highest BCUT2D eigenvalue weighted by Gasteiger charge is 2.18. The van der Waals surface area contributed by atoms with E-state index in [1.807, 2.05) is 17.8 Å². The van der Waals surface area contributed by atoms with Gasteiger partial charge in [0, 0.05) is 30.5 Å². The molecule has 8 nitrogen and oxygen atoms in total. The summed E-state index contributed by atoms with van der Waals surface area (Å²) in [6, 6.07) is 2.13. The summed E-state index contributed by atoms with van der Waals surface area (Å²) in [5.74, 6) is 0.582. The lowest BCUT2D eigenvalue weighted by Gasteiger charge is -2.26. The smallest absolute Gasteiger partial charge is 0.279 e.